The summed E-state index contributed by atoms with van der Waals surface area (Å²) < 4.78 is 3.38. The zero-order chi connectivity index (χ0) is 19.7. The third kappa shape index (κ3) is 3.37. The molecule has 1 N–H and O–H groups in total. The number of anilines is 1. The van der Waals surface area contributed by atoms with Crippen LogP contribution in [0.15, 0.2) is 54.9 Å². The molecule has 2 aromatic carbocycles. The summed E-state index contributed by atoms with van der Waals surface area (Å²) in [7, 11) is 1.84. The molecule has 4 rings (SSSR count). The summed E-state index contributed by atoms with van der Waals surface area (Å²) >= 11 is 5.93. The lowest BCUT2D eigenvalue weighted by Gasteiger charge is -2.09. The predicted octanol–water partition coefficient (Wildman–Crippen LogP) is 3.28. The van der Waals surface area contributed by atoms with Gasteiger partial charge in [0.15, 0.2) is 5.82 Å². The van der Waals surface area contributed by atoms with E-state index in [0.717, 1.165) is 11.3 Å². The van der Waals surface area contributed by atoms with E-state index in [1.807, 2.05) is 37.4 Å². The summed E-state index contributed by atoms with van der Waals surface area (Å²) in [5, 5.41) is 15.8. The highest BCUT2D eigenvalue weighted by molar-refractivity contribution is 6.30. The molecule has 0 unspecified atom stereocenters. The Morgan fingerprint density at radius 2 is 1.86 bits per heavy atom. The first-order chi connectivity index (χ1) is 13.5. The Hall–Kier alpha value is -3.52. The Bertz CT molecular complexity index is 1150. The molecular formula is C19H16ClN7O. The minimum atomic E-state index is -0.412. The number of aromatic nitrogens is 6. The van der Waals surface area contributed by atoms with Crippen LogP contribution in [0.1, 0.15) is 16.4 Å². The molecule has 0 spiro atoms. The van der Waals surface area contributed by atoms with Gasteiger partial charge in [0.2, 0.25) is 5.82 Å². The summed E-state index contributed by atoms with van der Waals surface area (Å²) in [5.41, 5.74) is 2.13. The fraction of sp³-hybridized carbons (Fsp3) is 0.105. The molecule has 0 fully saturated rings. The van der Waals surface area contributed by atoms with Crippen LogP contribution in [0.25, 0.3) is 17.1 Å². The van der Waals surface area contributed by atoms with Gasteiger partial charge in [0.25, 0.3) is 5.91 Å². The Morgan fingerprint density at radius 3 is 2.57 bits per heavy atom. The number of carbonyl (C=O) groups is 1. The van der Waals surface area contributed by atoms with Crippen molar-refractivity contribution >= 4 is 23.2 Å². The number of amides is 1. The highest BCUT2D eigenvalue weighted by atomic mass is 35.5. The zero-order valence-corrected chi connectivity index (χ0v) is 15.9. The summed E-state index contributed by atoms with van der Waals surface area (Å²) in [6.07, 6.45) is 1.60. The molecule has 140 valence electrons. The molecule has 0 aliphatic carbocycles. The smallest absolute Gasteiger partial charge is 0.295 e. The van der Waals surface area contributed by atoms with Crippen LogP contribution < -0.4 is 5.32 Å². The van der Waals surface area contributed by atoms with E-state index in [1.54, 1.807) is 40.7 Å². The van der Waals surface area contributed by atoms with E-state index in [9.17, 15) is 4.79 Å². The summed E-state index contributed by atoms with van der Waals surface area (Å²) in [5.74, 6) is 0.895. The second-order valence-electron chi connectivity index (χ2n) is 6.14. The van der Waals surface area contributed by atoms with Crippen LogP contribution in [0.4, 0.5) is 5.69 Å². The molecule has 2 heterocycles. The summed E-state index contributed by atoms with van der Waals surface area (Å²) in [6, 6.07) is 14.5. The number of nitrogens with one attached hydrogen (secondary N) is 1. The number of para-hydroxylation sites is 1. The maximum atomic E-state index is 12.8. The lowest BCUT2D eigenvalue weighted by molar-refractivity contribution is 0.101. The van der Waals surface area contributed by atoms with Gasteiger partial charge in [-0.25, -0.2) is 9.67 Å². The van der Waals surface area contributed by atoms with Gasteiger partial charge in [0.05, 0.1) is 11.4 Å². The van der Waals surface area contributed by atoms with E-state index in [0.29, 0.717) is 22.4 Å². The Morgan fingerprint density at radius 1 is 1.11 bits per heavy atom. The number of hydrogen-bond donors (Lipinski definition) is 1. The van der Waals surface area contributed by atoms with Crippen molar-refractivity contribution in [2.45, 2.75) is 6.92 Å². The lowest BCUT2D eigenvalue weighted by Crippen LogP contribution is -2.15. The highest BCUT2D eigenvalue weighted by Crippen LogP contribution is 2.26. The standard InChI is InChI=1S/C19H16ClN7O/c1-12-22-17(25-27(12)14-9-7-13(20)8-10-14)19(28)23-16-6-4-3-5-15(16)18-24-21-11-26(18)2/h3-11H,1-2H3,(H,23,28). The van der Waals surface area contributed by atoms with Crippen molar-refractivity contribution in [3.63, 3.8) is 0 Å². The quantitative estimate of drug-likeness (QED) is 0.574. The maximum absolute atomic E-state index is 12.8. The molecule has 1 amide bonds. The van der Waals surface area contributed by atoms with Crippen LogP contribution in [-0.4, -0.2) is 35.4 Å². The number of halogens is 1. The van der Waals surface area contributed by atoms with Gasteiger partial charge < -0.3 is 9.88 Å². The normalized spacial score (nSPS) is 10.8. The van der Waals surface area contributed by atoms with E-state index < -0.39 is 5.91 Å². The molecule has 0 bridgehead atoms. The number of nitrogens with zero attached hydrogens (tertiary/aromatic N) is 6. The van der Waals surface area contributed by atoms with Crippen molar-refractivity contribution in [3.05, 3.63) is 71.5 Å². The topological polar surface area (TPSA) is 90.5 Å². The Labute approximate surface area is 165 Å². The van der Waals surface area contributed by atoms with Crippen LogP contribution in [0.2, 0.25) is 5.02 Å². The number of rotatable bonds is 4. The Kier molecular flexibility index (Phi) is 4.62. The fourth-order valence-corrected chi connectivity index (χ4v) is 2.93. The van der Waals surface area contributed by atoms with Gasteiger partial charge in [-0.1, -0.05) is 23.7 Å². The predicted molar refractivity (Wildman–Crippen MR) is 105 cm³/mol. The second kappa shape index (κ2) is 7.24. The van der Waals surface area contributed by atoms with E-state index in [1.165, 1.54) is 0 Å². The van der Waals surface area contributed by atoms with E-state index in [2.05, 4.69) is 25.6 Å². The van der Waals surface area contributed by atoms with Crippen LogP contribution in [0.5, 0.6) is 0 Å². The van der Waals surface area contributed by atoms with Crippen molar-refractivity contribution < 1.29 is 4.79 Å². The van der Waals surface area contributed by atoms with Gasteiger partial charge in [-0.15, -0.1) is 15.3 Å². The molecular weight excluding hydrogens is 378 g/mol. The SMILES string of the molecule is Cc1nc(C(=O)Nc2ccccc2-c2nncn2C)nn1-c1ccc(Cl)cc1. The number of hydrogen-bond acceptors (Lipinski definition) is 5. The third-order valence-corrected chi connectivity index (χ3v) is 4.42. The number of carbonyl (C=O) groups excluding carboxylic acids is 1. The monoisotopic (exact) mass is 393 g/mol. The van der Waals surface area contributed by atoms with Crippen molar-refractivity contribution in [1.29, 1.82) is 0 Å². The van der Waals surface area contributed by atoms with E-state index in [-0.39, 0.29) is 5.82 Å². The molecule has 0 radical (unpaired) electrons. The average Bonchev–Trinajstić information content (AvgIpc) is 3.29. The molecule has 0 saturated heterocycles. The Balaban J connectivity index is 1.63. The molecule has 0 aliphatic rings. The summed E-state index contributed by atoms with van der Waals surface area (Å²) in [4.78, 5) is 17.0. The fourth-order valence-electron chi connectivity index (χ4n) is 2.81. The molecule has 9 heteroatoms. The minimum Gasteiger partial charge on any atom is -0.319 e. The first-order valence-corrected chi connectivity index (χ1v) is 8.85. The molecule has 8 nitrogen and oxygen atoms in total. The van der Waals surface area contributed by atoms with Crippen molar-refractivity contribution in [2.75, 3.05) is 5.32 Å². The first-order valence-electron chi connectivity index (χ1n) is 8.47. The minimum absolute atomic E-state index is 0.0696. The number of benzene rings is 2. The van der Waals surface area contributed by atoms with Gasteiger partial charge in [-0.2, -0.15) is 0 Å². The molecule has 4 aromatic rings. The van der Waals surface area contributed by atoms with Crippen LogP contribution >= 0.6 is 11.6 Å². The molecule has 0 saturated carbocycles. The van der Waals surface area contributed by atoms with Crippen molar-refractivity contribution in [1.82, 2.24) is 29.5 Å². The van der Waals surface area contributed by atoms with Crippen molar-refractivity contribution in [2.24, 2.45) is 7.05 Å². The molecule has 0 atom stereocenters. The first kappa shape index (κ1) is 17.9. The van der Waals surface area contributed by atoms with Crippen LogP contribution in [0.3, 0.4) is 0 Å². The summed E-state index contributed by atoms with van der Waals surface area (Å²) in [6.45, 7) is 1.78. The van der Waals surface area contributed by atoms with Gasteiger partial charge >= 0.3 is 0 Å². The molecule has 28 heavy (non-hydrogen) atoms. The van der Waals surface area contributed by atoms with Gasteiger partial charge in [0, 0.05) is 17.6 Å². The van der Waals surface area contributed by atoms with Gasteiger partial charge in [0.1, 0.15) is 12.2 Å². The van der Waals surface area contributed by atoms with Gasteiger partial charge in [-0.05, 0) is 43.3 Å². The van der Waals surface area contributed by atoms with Gasteiger partial charge in [-0.3, -0.25) is 4.79 Å². The maximum Gasteiger partial charge on any atom is 0.295 e. The lowest BCUT2D eigenvalue weighted by atomic mass is 10.1. The average molecular weight is 394 g/mol. The molecule has 0 aliphatic heterocycles. The third-order valence-electron chi connectivity index (χ3n) is 4.17. The highest BCUT2D eigenvalue weighted by Gasteiger charge is 2.18. The van der Waals surface area contributed by atoms with E-state index >= 15 is 0 Å². The number of aryl methyl sites for hydroxylation is 2. The van der Waals surface area contributed by atoms with Crippen LogP contribution in [0, 0.1) is 6.92 Å². The molecule has 2 aromatic heterocycles. The zero-order valence-electron chi connectivity index (χ0n) is 15.2. The van der Waals surface area contributed by atoms with Crippen molar-refractivity contribution in [3.8, 4) is 17.1 Å². The largest absolute Gasteiger partial charge is 0.319 e. The van der Waals surface area contributed by atoms with E-state index in [4.69, 9.17) is 11.6 Å². The second-order valence-corrected chi connectivity index (χ2v) is 6.57. The van der Waals surface area contributed by atoms with Crippen LogP contribution in [-0.2, 0) is 7.05 Å².